The Morgan fingerprint density at radius 2 is 2.19 bits per heavy atom. The first-order valence-electron chi connectivity index (χ1n) is 6.37. The molecule has 2 rings (SSSR count). The summed E-state index contributed by atoms with van der Waals surface area (Å²) in [7, 11) is -3.65. The molecule has 0 radical (unpaired) electrons. The van der Waals surface area contributed by atoms with Crippen molar-refractivity contribution in [2.45, 2.75) is 24.1 Å². The first kappa shape index (κ1) is 15.9. The highest BCUT2D eigenvalue weighted by Crippen LogP contribution is 2.29. The summed E-state index contributed by atoms with van der Waals surface area (Å²) in [6.45, 7) is 1.91. The van der Waals surface area contributed by atoms with E-state index in [1.807, 2.05) is 0 Å². The summed E-state index contributed by atoms with van der Waals surface area (Å²) in [5.41, 5.74) is 0. The highest BCUT2D eigenvalue weighted by molar-refractivity contribution is 7.91. The van der Waals surface area contributed by atoms with Crippen LogP contribution in [0.1, 0.15) is 18.2 Å². The van der Waals surface area contributed by atoms with Crippen molar-refractivity contribution < 1.29 is 23.1 Å². The first-order chi connectivity index (χ1) is 9.80. The number of carboxylic acid groups (broad SMARTS) is 1. The molecule has 9 heteroatoms. The van der Waals surface area contributed by atoms with Crippen molar-refractivity contribution in [2.24, 2.45) is 5.92 Å². The number of amides is 1. The molecule has 0 saturated carbocycles. The first-order valence-corrected chi connectivity index (χ1v) is 8.62. The molecular weight excluding hydrogens is 316 g/mol. The van der Waals surface area contributed by atoms with Crippen molar-refractivity contribution in [3.63, 3.8) is 0 Å². The zero-order valence-corrected chi connectivity index (χ0v) is 13.0. The Morgan fingerprint density at radius 1 is 1.48 bits per heavy atom. The van der Waals surface area contributed by atoms with Crippen LogP contribution in [0.4, 0.5) is 0 Å². The Bertz CT molecular complexity index is 652. The van der Waals surface area contributed by atoms with E-state index in [4.69, 9.17) is 5.11 Å². The van der Waals surface area contributed by atoms with Crippen LogP contribution in [-0.4, -0.2) is 42.8 Å². The minimum absolute atomic E-state index is 0.0105. The van der Waals surface area contributed by atoms with E-state index in [0.717, 1.165) is 16.2 Å². The zero-order valence-electron chi connectivity index (χ0n) is 11.4. The lowest BCUT2D eigenvalue weighted by atomic mass is 10.1. The predicted octanol–water partition coefficient (Wildman–Crippen LogP) is 0.479. The number of nitrogens with zero attached hydrogens (tertiary/aromatic N) is 1. The normalized spacial score (nSPS) is 19.6. The number of rotatable bonds is 5. The third-order valence-electron chi connectivity index (χ3n) is 3.24. The maximum atomic E-state index is 12.4. The topological polar surface area (TPSA) is 104 Å². The molecule has 0 spiro atoms. The molecule has 0 bridgehead atoms. The molecule has 1 atom stereocenters. The fourth-order valence-electron chi connectivity index (χ4n) is 2.08. The maximum Gasteiger partial charge on any atom is 0.307 e. The van der Waals surface area contributed by atoms with Gasteiger partial charge in [0.25, 0.3) is 10.0 Å². The molecule has 0 aliphatic carbocycles. The van der Waals surface area contributed by atoms with Gasteiger partial charge >= 0.3 is 5.97 Å². The van der Waals surface area contributed by atoms with Crippen LogP contribution in [-0.2, 0) is 26.2 Å². The maximum absolute atomic E-state index is 12.4. The van der Waals surface area contributed by atoms with Gasteiger partial charge in [-0.1, -0.05) is 0 Å². The molecule has 2 heterocycles. The summed E-state index contributed by atoms with van der Waals surface area (Å²) < 4.78 is 26.2. The highest BCUT2D eigenvalue weighted by Gasteiger charge is 2.36. The number of carboxylic acids is 1. The molecule has 1 unspecified atom stereocenters. The van der Waals surface area contributed by atoms with Gasteiger partial charge in [-0.3, -0.25) is 9.59 Å². The molecular formula is C12H16N2O5S2. The van der Waals surface area contributed by atoms with Crippen molar-refractivity contribution in [3.05, 3.63) is 17.0 Å². The van der Waals surface area contributed by atoms with Gasteiger partial charge in [0, 0.05) is 24.9 Å². The average Bonchev–Trinajstić information content (AvgIpc) is 3.06. The standard InChI is InChI=1S/C12H16N2O5S2/c1-8(15)13-6-10-2-3-11(20-10)21(18,19)14-5-4-9(7-14)12(16)17/h2-3,9H,4-7H2,1H3,(H,13,15)(H,16,17). The van der Waals surface area contributed by atoms with Crippen molar-refractivity contribution in [3.8, 4) is 0 Å². The molecule has 7 nitrogen and oxygen atoms in total. The van der Waals surface area contributed by atoms with Gasteiger partial charge in [-0.05, 0) is 18.6 Å². The Labute approximate surface area is 126 Å². The SMILES string of the molecule is CC(=O)NCc1ccc(S(=O)(=O)N2CCC(C(=O)O)C2)s1. The Hall–Kier alpha value is -1.45. The van der Waals surface area contributed by atoms with Crippen LogP contribution in [0.2, 0.25) is 0 Å². The summed E-state index contributed by atoms with van der Waals surface area (Å²) in [4.78, 5) is 22.5. The third-order valence-corrected chi connectivity index (χ3v) is 6.66. The zero-order chi connectivity index (χ0) is 15.6. The van der Waals surface area contributed by atoms with Crippen LogP contribution in [0.5, 0.6) is 0 Å². The minimum Gasteiger partial charge on any atom is -0.481 e. The second-order valence-electron chi connectivity index (χ2n) is 4.82. The van der Waals surface area contributed by atoms with E-state index in [1.54, 1.807) is 6.07 Å². The molecule has 1 aliphatic rings. The van der Waals surface area contributed by atoms with Crippen molar-refractivity contribution >= 4 is 33.2 Å². The summed E-state index contributed by atoms with van der Waals surface area (Å²) in [5, 5.41) is 11.5. The van der Waals surface area contributed by atoms with Gasteiger partial charge in [-0.15, -0.1) is 11.3 Å². The average molecular weight is 332 g/mol. The number of thiophene rings is 1. The van der Waals surface area contributed by atoms with E-state index in [-0.39, 0.29) is 29.8 Å². The lowest BCUT2D eigenvalue weighted by Gasteiger charge is -2.14. The third kappa shape index (κ3) is 3.60. The van der Waals surface area contributed by atoms with E-state index in [2.05, 4.69) is 5.32 Å². The summed E-state index contributed by atoms with van der Waals surface area (Å²) >= 11 is 1.09. The van der Waals surface area contributed by atoms with Crippen LogP contribution in [0.15, 0.2) is 16.3 Å². The molecule has 1 aromatic heterocycles. The molecule has 1 fully saturated rings. The van der Waals surface area contributed by atoms with E-state index < -0.39 is 21.9 Å². The smallest absolute Gasteiger partial charge is 0.307 e. The monoisotopic (exact) mass is 332 g/mol. The van der Waals surface area contributed by atoms with E-state index in [9.17, 15) is 18.0 Å². The fourth-order valence-corrected chi connectivity index (χ4v) is 5.03. The second kappa shape index (κ2) is 6.12. The van der Waals surface area contributed by atoms with E-state index >= 15 is 0 Å². The lowest BCUT2D eigenvalue weighted by molar-refractivity contribution is -0.141. The molecule has 1 aliphatic heterocycles. The van der Waals surface area contributed by atoms with Crippen LogP contribution in [0, 0.1) is 5.92 Å². The van der Waals surface area contributed by atoms with Crippen LogP contribution in [0.3, 0.4) is 0 Å². The number of hydrogen-bond donors (Lipinski definition) is 2. The predicted molar refractivity (Wildman–Crippen MR) is 76.3 cm³/mol. The Kier molecular flexibility index (Phi) is 4.64. The highest BCUT2D eigenvalue weighted by atomic mass is 32.2. The van der Waals surface area contributed by atoms with E-state index in [1.165, 1.54) is 17.3 Å². The van der Waals surface area contributed by atoms with Crippen LogP contribution >= 0.6 is 11.3 Å². The second-order valence-corrected chi connectivity index (χ2v) is 8.15. The van der Waals surface area contributed by atoms with Gasteiger partial charge in [0.15, 0.2) is 0 Å². The molecule has 1 aromatic rings. The molecule has 21 heavy (non-hydrogen) atoms. The lowest BCUT2D eigenvalue weighted by Crippen LogP contribution is -2.29. The number of aliphatic carboxylic acids is 1. The summed E-state index contributed by atoms with van der Waals surface area (Å²) in [6, 6.07) is 3.14. The van der Waals surface area contributed by atoms with Gasteiger partial charge in [0.05, 0.1) is 12.5 Å². The quantitative estimate of drug-likeness (QED) is 0.816. The van der Waals surface area contributed by atoms with Crippen molar-refractivity contribution in [2.75, 3.05) is 13.1 Å². The number of carbonyl (C=O) groups is 2. The van der Waals surface area contributed by atoms with E-state index in [0.29, 0.717) is 6.42 Å². The minimum atomic E-state index is -3.65. The number of hydrogen-bond acceptors (Lipinski definition) is 5. The van der Waals surface area contributed by atoms with Gasteiger partial charge in [0.1, 0.15) is 4.21 Å². The largest absolute Gasteiger partial charge is 0.481 e. The molecule has 116 valence electrons. The Balaban J connectivity index is 2.10. The van der Waals surface area contributed by atoms with Crippen LogP contribution < -0.4 is 5.32 Å². The number of sulfonamides is 1. The van der Waals surface area contributed by atoms with Crippen LogP contribution in [0.25, 0.3) is 0 Å². The van der Waals surface area contributed by atoms with Crippen molar-refractivity contribution in [1.29, 1.82) is 0 Å². The van der Waals surface area contributed by atoms with Gasteiger partial charge < -0.3 is 10.4 Å². The number of nitrogens with one attached hydrogen (secondary N) is 1. The Morgan fingerprint density at radius 3 is 2.76 bits per heavy atom. The molecule has 1 saturated heterocycles. The van der Waals surface area contributed by atoms with Gasteiger partial charge in [-0.2, -0.15) is 4.31 Å². The van der Waals surface area contributed by atoms with Crippen molar-refractivity contribution in [1.82, 2.24) is 9.62 Å². The summed E-state index contributed by atoms with van der Waals surface area (Å²) in [6.07, 6.45) is 0.332. The van der Waals surface area contributed by atoms with Gasteiger partial charge in [0.2, 0.25) is 5.91 Å². The molecule has 0 aromatic carbocycles. The van der Waals surface area contributed by atoms with Gasteiger partial charge in [-0.25, -0.2) is 8.42 Å². The summed E-state index contributed by atoms with van der Waals surface area (Å²) in [5.74, 6) is -1.79. The fraction of sp³-hybridized carbons (Fsp3) is 0.500. The number of carbonyl (C=O) groups excluding carboxylic acids is 1. The molecule has 1 amide bonds. The molecule has 2 N–H and O–H groups in total.